The van der Waals surface area contributed by atoms with Crippen molar-refractivity contribution in [2.24, 2.45) is 14.1 Å². The Kier molecular flexibility index (Phi) is 6.15. The summed E-state index contributed by atoms with van der Waals surface area (Å²) in [5, 5.41) is 2.27. The first-order chi connectivity index (χ1) is 9.91. The lowest BCUT2D eigenvalue weighted by molar-refractivity contribution is -0.668. The van der Waals surface area contributed by atoms with Crippen LogP contribution in [0.2, 0.25) is 20.6 Å². The van der Waals surface area contributed by atoms with Crippen LogP contribution in [0.4, 0.5) is 0 Å². The molecule has 0 aromatic carbocycles. The van der Waals surface area contributed by atoms with Crippen LogP contribution in [-0.4, -0.2) is 20.6 Å². The minimum atomic E-state index is 0.558. The number of imidazole rings is 2. The number of halogens is 4. The standard InChI is InChI=1S/C12H16Cl4N4S/c1-17-7-19(11(15)9(17)13)3-5-21-6-4-20-8-18(2)10(14)12(20)16/h7-8H,3-6H2,1-2H3/q+2. The van der Waals surface area contributed by atoms with E-state index in [0.717, 1.165) is 24.6 Å². The molecule has 2 aromatic rings. The fraction of sp³-hybridized carbons (Fsp3) is 0.500. The van der Waals surface area contributed by atoms with Crippen LogP contribution in [0.25, 0.3) is 0 Å². The average molecular weight is 390 g/mol. The van der Waals surface area contributed by atoms with E-state index in [4.69, 9.17) is 46.4 Å². The molecule has 4 nitrogen and oxygen atoms in total. The fourth-order valence-corrected chi connectivity index (χ4v) is 3.57. The van der Waals surface area contributed by atoms with E-state index in [0.29, 0.717) is 20.6 Å². The van der Waals surface area contributed by atoms with Crippen LogP contribution in [0.5, 0.6) is 0 Å². The minimum Gasteiger partial charge on any atom is -0.222 e. The van der Waals surface area contributed by atoms with Crippen molar-refractivity contribution in [3.05, 3.63) is 33.3 Å². The van der Waals surface area contributed by atoms with Gasteiger partial charge in [-0.25, -0.2) is 18.3 Å². The Hall–Kier alpha value is -0.0700. The Morgan fingerprint density at radius 1 is 0.857 bits per heavy atom. The summed E-state index contributed by atoms with van der Waals surface area (Å²) in [6.07, 6.45) is 3.79. The second-order valence-corrected chi connectivity index (χ2v) is 7.27. The predicted octanol–water partition coefficient (Wildman–Crippen LogP) is 2.99. The third kappa shape index (κ3) is 4.02. The van der Waals surface area contributed by atoms with Crippen molar-refractivity contribution in [1.82, 2.24) is 9.13 Å². The summed E-state index contributed by atoms with van der Waals surface area (Å²) in [5.74, 6) is 1.90. The summed E-state index contributed by atoms with van der Waals surface area (Å²) in [7, 11) is 3.74. The number of aromatic nitrogens is 4. The van der Waals surface area contributed by atoms with Gasteiger partial charge in [0.15, 0.2) is 0 Å². The monoisotopic (exact) mass is 388 g/mol. The molecule has 21 heavy (non-hydrogen) atoms. The van der Waals surface area contributed by atoms with Crippen molar-refractivity contribution < 1.29 is 9.13 Å². The number of hydrogen-bond acceptors (Lipinski definition) is 1. The van der Waals surface area contributed by atoms with Gasteiger partial charge in [-0.1, -0.05) is 0 Å². The molecule has 0 bridgehead atoms. The topological polar surface area (TPSA) is 17.6 Å². The Morgan fingerprint density at radius 3 is 1.52 bits per heavy atom. The Labute approximate surface area is 148 Å². The van der Waals surface area contributed by atoms with Gasteiger partial charge in [-0.15, -0.1) is 0 Å². The van der Waals surface area contributed by atoms with E-state index in [-0.39, 0.29) is 0 Å². The molecular formula is C12H16Cl4N4S+2. The van der Waals surface area contributed by atoms with Crippen molar-refractivity contribution in [2.45, 2.75) is 13.1 Å². The van der Waals surface area contributed by atoms with Crippen LogP contribution < -0.4 is 9.13 Å². The first kappa shape index (κ1) is 17.3. The summed E-state index contributed by atoms with van der Waals surface area (Å²) >= 11 is 26.1. The lowest BCUT2D eigenvalue weighted by Crippen LogP contribution is -2.26. The van der Waals surface area contributed by atoms with Crippen LogP contribution in [-0.2, 0) is 27.2 Å². The highest BCUT2D eigenvalue weighted by Crippen LogP contribution is 2.20. The molecule has 0 aliphatic heterocycles. The van der Waals surface area contributed by atoms with Gasteiger partial charge in [0.05, 0.1) is 14.1 Å². The fourth-order valence-electron chi connectivity index (χ4n) is 1.89. The molecule has 0 N–H and O–H groups in total. The maximum Gasteiger partial charge on any atom is 0.255 e. The zero-order valence-electron chi connectivity index (χ0n) is 11.7. The SMILES string of the molecule is C[n+]1cn(CCSCCn2c[n+](C)c(Cl)c2Cl)c(Cl)c1Cl. The van der Waals surface area contributed by atoms with Crippen LogP contribution >= 0.6 is 58.2 Å². The quantitative estimate of drug-likeness (QED) is 0.548. The van der Waals surface area contributed by atoms with Crippen molar-refractivity contribution in [1.29, 1.82) is 0 Å². The Balaban J connectivity index is 1.77. The third-order valence-electron chi connectivity index (χ3n) is 3.04. The Morgan fingerprint density at radius 2 is 1.24 bits per heavy atom. The second-order valence-electron chi connectivity index (χ2n) is 4.62. The van der Waals surface area contributed by atoms with Crippen molar-refractivity contribution in [3.63, 3.8) is 0 Å². The second kappa shape index (κ2) is 7.47. The predicted molar refractivity (Wildman–Crippen MR) is 88.6 cm³/mol. The molecule has 0 unspecified atom stereocenters. The van der Waals surface area contributed by atoms with E-state index in [9.17, 15) is 0 Å². The highest BCUT2D eigenvalue weighted by atomic mass is 35.5. The molecule has 0 fully saturated rings. The summed E-state index contributed by atoms with van der Waals surface area (Å²) in [4.78, 5) is 0. The van der Waals surface area contributed by atoms with Crippen molar-refractivity contribution >= 4 is 58.2 Å². The van der Waals surface area contributed by atoms with E-state index in [1.807, 2.05) is 47.6 Å². The van der Waals surface area contributed by atoms with Gasteiger partial charge in [0, 0.05) is 11.5 Å². The lowest BCUT2D eigenvalue weighted by atomic mass is 10.7. The number of rotatable bonds is 6. The first-order valence-electron chi connectivity index (χ1n) is 6.29. The van der Waals surface area contributed by atoms with Crippen LogP contribution in [0.1, 0.15) is 0 Å². The molecule has 0 radical (unpaired) electrons. The number of aryl methyl sites for hydroxylation is 4. The maximum absolute atomic E-state index is 6.13. The largest absolute Gasteiger partial charge is 0.255 e. The molecule has 116 valence electrons. The summed E-state index contributed by atoms with van der Waals surface area (Å²) in [5.41, 5.74) is 0. The molecule has 0 spiro atoms. The van der Waals surface area contributed by atoms with Crippen molar-refractivity contribution in [3.8, 4) is 0 Å². The summed E-state index contributed by atoms with van der Waals surface area (Å²) in [6.45, 7) is 1.63. The molecule has 2 heterocycles. The van der Waals surface area contributed by atoms with Crippen LogP contribution in [0.3, 0.4) is 0 Å². The van der Waals surface area contributed by atoms with E-state index in [1.165, 1.54) is 0 Å². The van der Waals surface area contributed by atoms with Crippen molar-refractivity contribution in [2.75, 3.05) is 11.5 Å². The van der Waals surface area contributed by atoms with Gasteiger partial charge >= 0.3 is 0 Å². The highest BCUT2D eigenvalue weighted by molar-refractivity contribution is 7.99. The first-order valence-corrected chi connectivity index (χ1v) is 8.95. The normalized spacial score (nSPS) is 11.3. The van der Waals surface area contributed by atoms with Gasteiger partial charge in [-0.2, -0.15) is 11.8 Å². The molecular weight excluding hydrogens is 374 g/mol. The van der Waals surface area contributed by atoms with Gasteiger partial charge in [-0.3, -0.25) is 0 Å². The minimum absolute atomic E-state index is 0.558. The molecule has 9 heteroatoms. The van der Waals surface area contributed by atoms with Gasteiger partial charge in [-0.05, 0) is 46.4 Å². The average Bonchev–Trinajstić information content (AvgIpc) is 2.84. The zero-order chi connectivity index (χ0) is 15.6. The van der Waals surface area contributed by atoms with Crippen LogP contribution in [0, 0.1) is 0 Å². The van der Waals surface area contributed by atoms with E-state index < -0.39 is 0 Å². The summed E-state index contributed by atoms with van der Waals surface area (Å²) in [6, 6.07) is 0. The third-order valence-corrected chi connectivity index (χ3v) is 5.86. The number of hydrogen-bond donors (Lipinski definition) is 0. The molecule has 2 rings (SSSR count). The van der Waals surface area contributed by atoms with E-state index in [2.05, 4.69) is 0 Å². The Bertz CT molecular complexity index is 583. The maximum atomic E-state index is 6.13. The van der Waals surface area contributed by atoms with E-state index >= 15 is 0 Å². The van der Waals surface area contributed by atoms with Gasteiger partial charge in [0.1, 0.15) is 13.1 Å². The molecule has 0 atom stereocenters. The molecule has 0 aliphatic carbocycles. The van der Waals surface area contributed by atoms with Gasteiger partial charge in [0.2, 0.25) is 12.7 Å². The zero-order valence-corrected chi connectivity index (χ0v) is 15.5. The number of nitrogens with zero attached hydrogens (tertiary/aromatic N) is 4. The molecule has 0 aliphatic rings. The van der Waals surface area contributed by atoms with Gasteiger partial charge in [0.25, 0.3) is 20.6 Å². The highest BCUT2D eigenvalue weighted by Gasteiger charge is 2.18. The lowest BCUT2D eigenvalue weighted by Gasteiger charge is -1.99. The number of thioether (sulfide) groups is 1. The smallest absolute Gasteiger partial charge is 0.222 e. The van der Waals surface area contributed by atoms with Crippen LogP contribution in [0.15, 0.2) is 12.7 Å². The van der Waals surface area contributed by atoms with Gasteiger partial charge < -0.3 is 0 Å². The molecule has 2 aromatic heterocycles. The molecule has 0 saturated heterocycles. The summed E-state index contributed by atoms with van der Waals surface area (Å²) < 4.78 is 7.49. The molecule has 0 saturated carbocycles. The van der Waals surface area contributed by atoms with E-state index in [1.54, 1.807) is 9.13 Å². The molecule has 0 amide bonds.